The maximum atomic E-state index is 6.08. The molecule has 0 aromatic heterocycles. The van der Waals surface area contributed by atoms with Crippen LogP contribution in [0.1, 0.15) is 11.1 Å². The quantitative estimate of drug-likeness (QED) is 0.553. The Morgan fingerprint density at radius 3 is 2.26 bits per heavy atom. The standard InChI is InChI=1S/C22H22ClNO3/c1-25-20-12-10-19(11-13-20)24-14-17-4-3-5-21(26-2)22(17)27-15-16-6-8-18(23)9-7-16/h3-13,24H,14-15H2,1-2H3. The van der Waals surface area contributed by atoms with Gasteiger partial charge < -0.3 is 19.5 Å². The van der Waals surface area contributed by atoms with Crippen LogP contribution in [0, 0.1) is 0 Å². The van der Waals surface area contributed by atoms with Gasteiger partial charge in [0.15, 0.2) is 11.5 Å². The highest BCUT2D eigenvalue weighted by atomic mass is 35.5. The van der Waals surface area contributed by atoms with Crippen LogP contribution in [0.5, 0.6) is 17.2 Å². The van der Waals surface area contributed by atoms with E-state index >= 15 is 0 Å². The van der Waals surface area contributed by atoms with Gasteiger partial charge in [0.05, 0.1) is 14.2 Å². The summed E-state index contributed by atoms with van der Waals surface area (Å²) in [7, 11) is 3.30. The molecule has 0 unspecified atom stereocenters. The number of ether oxygens (including phenoxy) is 3. The summed E-state index contributed by atoms with van der Waals surface area (Å²) in [4.78, 5) is 0. The molecule has 0 radical (unpaired) electrons. The largest absolute Gasteiger partial charge is 0.497 e. The van der Waals surface area contributed by atoms with Gasteiger partial charge in [0.2, 0.25) is 0 Å². The van der Waals surface area contributed by atoms with Gasteiger partial charge in [-0.2, -0.15) is 0 Å². The molecule has 0 aliphatic carbocycles. The number of para-hydroxylation sites is 1. The van der Waals surface area contributed by atoms with Crippen LogP contribution in [0.2, 0.25) is 5.02 Å². The molecule has 0 bridgehead atoms. The average molecular weight is 384 g/mol. The molecular weight excluding hydrogens is 362 g/mol. The van der Waals surface area contributed by atoms with Crippen molar-refractivity contribution in [3.05, 3.63) is 82.9 Å². The molecule has 27 heavy (non-hydrogen) atoms. The van der Waals surface area contributed by atoms with E-state index < -0.39 is 0 Å². The van der Waals surface area contributed by atoms with Crippen molar-refractivity contribution in [1.82, 2.24) is 0 Å². The van der Waals surface area contributed by atoms with E-state index in [9.17, 15) is 0 Å². The van der Waals surface area contributed by atoms with Crippen molar-refractivity contribution < 1.29 is 14.2 Å². The van der Waals surface area contributed by atoms with Gasteiger partial charge in [-0.1, -0.05) is 35.9 Å². The second-order valence-electron chi connectivity index (χ2n) is 5.95. The van der Waals surface area contributed by atoms with E-state index in [-0.39, 0.29) is 0 Å². The molecule has 0 amide bonds. The Hall–Kier alpha value is -2.85. The van der Waals surface area contributed by atoms with Crippen molar-refractivity contribution in [3.63, 3.8) is 0 Å². The first kappa shape index (κ1) is 18.9. The topological polar surface area (TPSA) is 39.7 Å². The third-order valence-electron chi connectivity index (χ3n) is 4.15. The summed E-state index contributed by atoms with van der Waals surface area (Å²) in [5.41, 5.74) is 3.06. The van der Waals surface area contributed by atoms with Crippen LogP contribution in [-0.2, 0) is 13.2 Å². The Kier molecular flexibility index (Phi) is 6.44. The maximum absolute atomic E-state index is 6.08. The first-order valence-corrected chi connectivity index (χ1v) is 8.98. The molecule has 3 aromatic rings. The van der Waals surface area contributed by atoms with E-state index in [4.69, 9.17) is 25.8 Å². The van der Waals surface area contributed by atoms with Gasteiger partial charge in [0, 0.05) is 22.8 Å². The van der Waals surface area contributed by atoms with Crippen LogP contribution in [0.15, 0.2) is 66.7 Å². The number of hydrogen-bond acceptors (Lipinski definition) is 4. The molecule has 3 aromatic carbocycles. The highest BCUT2D eigenvalue weighted by molar-refractivity contribution is 6.30. The molecule has 1 N–H and O–H groups in total. The Morgan fingerprint density at radius 2 is 1.59 bits per heavy atom. The van der Waals surface area contributed by atoms with E-state index in [0.29, 0.717) is 23.9 Å². The lowest BCUT2D eigenvalue weighted by atomic mass is 10.1. The zero-order valence-electron chi connectivity index (χ0n) is 15.4. The second-order valence-corrected chi connectivity index (χ2v) is 6.38. The van der Waals surface area contributed by atoms with Gasteiger partial charge >= 0.3 is 0 Å². The third kappa shape index (κ3) is 5.08. The lowest BCUT2D eigenvalue weighted by Gasteiger charge is -2.16. The number of benzene rings is 3. The molecule has 0 aliphatic heterocycles. The van der Waals surface area contributed by atoms with E-state index in [2.05, 4.69) is 5.32 Å². The lowest BCUT2D eigenvalue weighted by Crippen LogP contribution is -2.05. The molecule has 4 nitrogen and oxygen atoms in total. The maximum Gasteiger partial charge on any atom is 0.166 e. The Bertz CT molecular complexity index is 864. The van der Waals surface area contributed by atoms with Gasteiger partial charge in [-0.15, -0.1) is 0 Å². The highest BCUT2D eigenvalue weighted by Crippen LogP contribution is 2.32. The third-order valence-corrected chi connectivity index (χ3v) is 4.40. The van der Waals surface area contributed by atoms with Gasteiger partial charge in [-0.3, -0.25) is 0 Å². The van der Waals surface area contributed by atoms with Gasteiger partial charge in [-0.05, 0) is 48.0 Å². The summed E-state index contributed by atoms with van der Waals surface area (Å²) >= 11 is 5.94. The minimum atomic E-state index is 0.438. The predicted molar refractivity (Wildman–Crippen MR) is 109 cm³/mol. The Labute approximate surface area is 164 Å². The zero-order chi connectivity index (χ0) is 19.1. The number of halogens is 1. The van der Waals surface area contributed by atoms with Crippen molar-refractivity contribution in [2.24, 2.45) is 0 Å². The van der Waals surface area contributed by atoms with Crippen LogP contribution in [0.25, 0.3) is 0 Å². The number of hydrogen-bond donors (Lipinski definition) is 1. The van der Waals surface area contributed by atoms with Crippen molar-refractivity contribution in [2.75, 3.05) is 19.5 Å². The second kappa shape index (κ2) is 9.19. The van der Waals surface area contributed by atoms with Gasteiger partial charge in [-0.25, -0.2) is 0 Å². The Balaban J connectivity index is 1.72. The van der Waals surface area contributed by atoms with Crippen molar-refractivity contribution >= 4 is 17.3 Å². The van der Waals surface area contributed by atoms with Gasteiger partial charge in [0.1, 0.15) is 12.4 Å². The molecule has 0 fully saturated rings. The predicted octanol–water partition coefficient (Wildman–Crippen LogP) is 5.55. The molecule has 0 spiro atoms. The van der Waals surface area contributed by atoms with E-state index in [0.717, 1.165) is 28.3 Å². The minimum absolute atomic E-state index is 0.438. The number of rotatable bonds is 8. The molecule has 140 valence electrons. The first-order chi connectivity index (χ1) is 13.2. The number of methoxy groups -OCH3 is 2. The summed E-state index contributed by atoms with van der Waals surface area (Å²) in [6.07, 6.45) is 0. The van der Waals surface area contributed by atoms with Crippen LogP contribution in [0.3, 0.4) is 0 Å². The fourth-order valence-electron chi connectivity index (χ4n) is 2.67. The first-order valence-electron chi connectivity index (χ1n) is 8.60. The average Bonchev–Trinajstić information content (AvgIpc) is 2.72. The van der Waals surface area contributed by atoms with Gasteiger partial charge in [0.25, 0.3) is 0 Å². The van der Waals surface area contributed by atoms with Crippen molar-refractivity contribution in [1.29, 1.82) is 0 Å². The van der Waals surface area contributed by atoms with Crippen LogP contribution in [-0.4, -0.2) is 14.2 Å². The van der Waals surface area contributed by atoms with Crippen LogP contribution >= 0.6 is 11.6 Å². The minimum Gasteiger partial charge on any atom is -0.497 e. The van der Waals surface area contributed by atoms with E-state index in [1.54, 1.807) is 14.2 Å². The normalized spacial score (nSPS) is 10.3. The van der Waals surface area contributed by atoms with Crippen molar-refractivity contribution in [2.45, 2.75) is 13.2 Å². The molecule has 0 atom stereocenters. The highest BCUT2D eigenvalue weighted by Gasteiger charge is 2.11. The van der Waals surface area contributed by atoms with Crippen molar-refractivity contribution in [3.8, 4) is 17.2 Å². The summed E-state index contributed by atoms with van der Waals surface area (Å²) in [5, 5.41) is 4.11. The Morgan fingerprint density at radius 1 is 0.852 bits per heavy atom. The SMILES string of the molecule is COc1ccc(NCc2cccc(OC)c2OCc2ccc(Cl)cc2)cc1. The summed E-state index contributed by atoms with van der Waals surface area (Å²) in [5.74, 6) is 2.27. The van der Waals surface area contributed by atoms with Crippen LogP contribution in [0.4, 0.5) is 5.69 Å². The summed E-state index contributed by atoms with van der Waals surface area (Å²) in [6.45, 7) is 1.05. The molecular formula is C22H22ClNO3. The molecule has 5 heteroatoms. The summed E-state index contributed by atoms with van der Waals surface area (Å²) < 4.78 is 16.8. The molecule has 0 aliphatic rings. The fraction of sp³-hybridized carbons (Fsp3) is 0.182. The van der Waals surface area contributed by atoms with Crippen LogP contribution < -0.4 is 19.5 Å². The number of anilines is 1. The fourth-order valence-corrected chi connectivity index (χ4v) is 2.79. The molecule has 0 saturated carbocycles. The summed E-state index contributed by atoms with van der Waals surface area (Å²) in [6, 6.07) is 21.3. The lowest BCUT2D eigenvalue weighted by molar-refractivity contribution is 0.281. The van der Waals surface area contributed by atoms with E-state index in [1.165, 1.54) is 0 Å². The molecule has 3 rings (SSSR count). The molecule has 0 saturated heterocycles. The monoisotopic (exact) mass is 383 g/mol. The number of nitrogens with one attached hydrogen (secondary N) is 1. The smallest absolute Gasteiger partial charge is 0.166 e. The van der Waals surface area contributed by atoms with E-state index in [1.807, 2.05) is 66.7 Å². The molecule has 0 heterocycles. The zero-order valence-corrected chi connectivity index (χ0v) is 16.1.